The minimum absolute atomic E-state index is 0. The van der Waals surface area contributed by atoms with Crippen molar-refractivity contribution in [3.8, 4) is 5.75 Å². The summed E-state index contributed by atoms with van der Waals surface area (Å²) in [7, 11) is 3.56. The summed E-state index contributed by atoms with van der Waals surface area (Å²) in [5.41, 5.74) is 1.30. The van der Waals surface area contributed by atoms with E-state index < -0.39 is 0 Å². The number of anilines is 1. The lowest BCUT2D eigenvalue weighted by atomic mass is 10.1. The predicted octanol–water partition coefficient (Wildman–Crippen LogP) is 3.31. The molecule has 3 rings (SSSR count). The number of piperazine rings is 1. The molecule has 1 N–H and O–H groups in total. The van der Waals surface area contributed by atoms with Crippen LogP contribution in [0.5, 0.6) is 5.75 Å². The summed E-state index contributed by atoms with van der Waals surface area (Å²) in [5, 5.41) is 7.00. The van der Waals surface area contributed by atoms with Gasteiger partial charge in [-0.15, -0.1) is 35.3 Å². The Morgan fingerprint density at radius 3 is 2.46 bits per heavy atom. The van der Waals surface area contributed by atoms with Crippen molar-refractivity contribution in [1.82, 2.24) is 10.2 Å². The molecule has 0 aliphatic carbocycles. The Hall–Kier alpha value is -1.48. The molecule has 1 aliphatic rings. The molecule has 0 bridgehead atoms. The molecule has 5 nitrogen and oxygen atoms in total. The highest BCUT2D eigenvalue weighted by atomic mass is 127. The van der Waals surface area contributed by atoms with Crippen LogP contribution in [-0.4, -0.2) is 57.7 Å². The van der Waals surface area contributed by atoms with E-state index in [1.807, 2.05) is 30.5 Å². The average Bonchev–Trinajstić information content (AvgIpc) is 3.21. The third kappa shape index (κ3) is 5.51. The average molecular weight is 486 g/mol. The summed E-state index contributed by atoms with van der Waals surface area (Å²) in [5.74, 6) is 1.90. The zero-order chi connectivity index (χ0) is 17.5. The maximum absolute atomic E-state index is 5.20. The van der Waals surface area contributed by atoms with Crippen LogP contribution in [0.1, 0.15) is 5.56 Å². The van der Waals surface area contributed by atoms with E-state index in [0.29, 0.717) is 0 Å². The van der Waals surface area contributed by atoms with Gasteiger partial charge in [0.2, 0.25) is 0 Å². The summed E-state index contributed by atoms with van der Waals surface area (Å²) in [6.45, 7) is 4.96. The van der Waals surface area contributed by atoms with E-state index in [4.69, 9.17) is 4.74 Å². The van der Waals surface area contributed by atoms with Crippen molar-refractivity contribution >= 4 is 46.3 Å². The van der Waals surface area contributed by atoms with E-state index in [1.54, 1.807) is 7.11 Å². The Bertz CT molecular complexity index is 667. The van der Waals surface area contributed by atoms with Crippen LogP contribution in [0, 0.1) is 0 Å². The van der Waals surface area contributed by atoms with E-state index in [0.717, 1.165) is 50.9 Å². The van der Waals surface area contributed by atoms with Crippen molar-refractivity contribution in [3.05, 3.63) is 47.3 Å². The smallest absolute Gasteiger partial charge is 0.193 e. The van der Waals surface area contributed by atoms with E-state index in [1.165, 1.54) is 10.6 Å². The monoisotopic (exact) mass is 486 g/mol. The molecule has 2 aromatic rings. The maximum atomic E-state index is 5.20. The Morgan fingerprint density at radius 1 is 1.15 bits per heavy atom. The first-order valence-electron chi connectivity index (χ1n) is 8.67. The fourth-order valence-corrected chi connectivity index (χ4v) is 3.82. The van der Waals surface area contributed by atoms with Crippen molar-refractivity contribution in [2.24, 2.45) is 4.99 Å². The SMILES string of the molecule is CN=C(NCCc1ccc(OC)cc1)N1CCN(c2cccs2)CC1.I. The molecule has 1 fully saturated rings. The van der Waals surface area contributed by atoms with Crippen LogP contribution in [0.4, 0.5) is 5.00 Å². The molecule has 26 heavy (non-hydrogen) atoms. The fourth-order valence-electron chi connectivity index (χ4n) is 3.03. The number of ether oxygens (including phenoxy) is 1. The van der Waals surface area contributed by atoms with E-state index in [2.05, 4.69) is 49.8 Å². The first kappa shape index (κ1) is 20.8. The lowest BCUT2D eigenvalue weighted by Gasteiger charge is -2.37. The number of hydrogen-bond acceptors (Lipinski definition) is 4. The van der Waals surface area contributed by atoms with Crippen LogP contribution in [0.2, 0.25) is 0 Å². The Labute approximate surface area is 177 Å². The molecule has 7 heteroatoms. The zero-order valence-corrected chi connectivity index (χ0v) is 18.5. The number of benzene rings is 1. The van der Waals surface area contributed by atoms with Gasteiger partial charge in [0.05, 0.1) is 12.1 Å². The number of hydrogen-bond donors (Lipinski definition) is 1. The number of aliphatic imine (C=N–C) groups is 1. The molecular weight excluding hydrogens is 459 g/mol. The van der Waals surface area contributed by atoms with Crippen molar-refractivity contribution in [2.75, 3.05) is 51.8 Å². The lowest BCUT2D eigenvalue weighted by molar-refractivity contribution is 0.374. The van der Waals surface area contributed by atoms with Crippen LogP contribution >= 0.6 is 35.3 Å². The third-order valence-corrected chi connectivity index (χ3v) is 5.39. The normalized spacial score (nSPS) is 14.8. The number of halogens is 1. The molecular formula is C19H27IN4OS. The number of nitrogens with zero attached hydrogens (tertiary/aromatic N) is 3. The molecule has 0 amide bonds. The van der Waals surface area contributed by atoms with Gasteiger partial charge in [-0.2, -0.15) is 0 Å². The number of rotatable bonds is 5. The maximum Gasteiger partial charge on any atom is 0.193 e. The van der Waals surface area contributed by atoms with Gasteiger partial charge < -0.3 is 19.9 Å². The molecule has 1 aromatic heterocycles. The summed E-state index contributed by atoms with van der Waals surface area (Å²) in [4.78, 5) is 9.25. The van der Waals surface area contributed by atoms with Gasteiger partial charge in [0.15, 0.2) is 5.96 Å². The predicted molar refractivity (Wildman–Crippen MR) is 122 cm³/mol. The highest BCUT2D eigenvalue weighted by Gasteiger charge is 2.20. The first-order chi connectivity index (χ1) is 12.3. The highest BCUT2D eigenvalue weighted by molar-refractivity contribution is 14.0. The molecule has 142 valence electrons. The Morgan fingerprint density at radius 2 is 1.88 bits per heavy atom. The quantitative estimate of drug-likeness (QED) is 0.400. The number of guanidine groups is 1. The van der Waals surface area contributed by atoms with Gasteiger partial charge in [-0.1, -0.05) is 12.1 Å². The number of thiophene rings is 1. The molecule has 1 aliphatic heterocycles. The molecule has 2 heterocycles. The molecule has 0 radical (unpaired) electrons. The van der Waals surface area contributed by atoms with Crippen LogP contribution < -0.4 is 15.0 Å². The first-order valence-corrected chi connectivity index (χ1v) is 9.55. The van der Waals surface area contributed by atoms with Crippen molar-refractivity contribution in [1.29, 1.82) is 0 Å². The van der Waals surface area contributed by atoms with Gasteiger partial charge in [0.1, 0.15) is 5.75 Å². The minimum atomic E-state index is 0. The summed E-state index contributed by atoms with van der Waals surface area (Å²) < 4.78 is 5.20. The van der Waals surface area contributed by atoms with Crippen LogP contribution in [0.15, 0.2) is 46.8 Å². The van der Waals surface area contributed by atoms with Crippen molar-refractivity contribution in [2.45, 2.75) is 6.42 Å². The number of nitrogens with one attached hydrogen (secondary N) is 1. The second kappa shape index (κ2) is 10.6. The van der Waals surface area contributed by atoms with Gasteiger partial charge >= 0.3 is 0 Å². The van der Waals surface area contributed by atoms with Crippen molar-refractivity contribution < 1.29 is 4.74 Å². The van der Waals surface area contributed by atoms with Gasteiger partial charge in [-0.05, 0) is 41.6 Å². The summed E-state index contributed by atoms with van der Waals surface area (Å²) in [6, 6.07) is 12.6. The van der Waals surface area contributed by atoms with Crippen LogP contribution in [0.25, 0.3) is 0 Å². The second-order valence-electron chi connectivity index (χ2n) is 6.00. The largest absolute Gasteiger partial charge is 0.497 e. The number of methoxy groups -OCH3 is 1. The molecule has 0 atom stereocenters. The van der Waals surface area contributed by atoms with Crippen LogP contribution in [0.3, 0.4) is 0 Å². The second-order valence-corrected chi connectivity index (χ2v) is 6.92. The molecule has 0 saturated carbocycles. The van der Waals surface area contributed by atoms with E-state index in [-0.39, 0.29) is 24.0 Å². The topological polar surface area (TPSA) is 40.1 Å². The molecule has 0 spiro atoms. The van der Waals surface area contributed by atoms with Gasteiger partial charge in [-0.25, -0.2) is 0 Å². The molecule has 0 unspecified atom stereocenters. The van der Waals surface area contributed by atoms with Crippen LogP contribution in [-0.2, 0) is 6.42 Å². The summed E-state index contributed by atoms with van der Waals surface area (Å²) >= 11 is 1.81. The van der Waals surface area contributed by atoms with Crippen molar-refractivity contribution in [3.63, 3.8) is 0 Å². The third-order valence-electron chi connectivity index (χ3n) is 4.46. The fraction of sp³-hybridized carbons (Fsp3) is 0.421. The Kier molecular flexibility index (Phi) is 8.50. The van der Waals surface area contributed by atoms with E-state index >= 15 is 0 Å². The molecule has 1 saturated heterocycles. The highest BCUT2D eigenvalue weighted by Crippen LogP contribution is 2.22. The zero-order valence-electron chi connectivity index (χ0n) is 15.4. The minimum Gasteiger partial charge on any atom is -0.497 e. The molecule has 1 aromatic carbocycles. The summed E-state index contributed by atoms with van der Waals surface area (Å²) in [6.07, 6.45) is 0.970. The van der Waals surface area contributed by atoms with Gasteiger partial charge in [0.25, 0.3) is 0 Å². The van der Waals surface area contributed by atoms with E-state index in [9.17, 15) is 0 Å². The van der Waals surface area contributed by atoms with Gasteiger partial charge in [-0.3, -0.25) is 4.99 Å². The Balaban J connectivity index is 0.00000243. The van der Waals surface area contributed by atoms with Gasteiger partial charge in [0, 0.05) is 39.8 Å². The standard InChI is InChI=1S/C19H26N4OS.HI/c1-20-19(21-10-9-16-5-7-17(24-2)8-6-16)23-13-11-22(12-14-23)18-4-3-15-25-18;/h3-8,15H,9-14H2,1-2H3,(H,20,21);1H. The lowest BCUT2D eigenvalue weighted by Crippen LogP contribution is -2.52.